The van der Waals surface area contributed by atoms with Crippen LogP contribution in [-0.2, 0) is 4.79 Å². The Morgan fingerprint density at radius 2 is 2.00 bits per heavy atom. The topological polar surface area (TPSA) is 57.8 Å². The van der Waals surface area contributed by atoms with Gasteiger partial charge < -0.3 is 10.3 Å². The molecule has 2 N–H and O–H groups in total. The van der Waals surface area contributed by atoms with Gasteiger partial charge in [-0.05, 0) is 18.9 Å². The van der Waals surface area contributed by atoms with E-state index in [1.54, 1.807) is 6.20 Å². The predicted octanol–water partition coefficient (Wildman–Crippen LogP) is 3.30. The van der Waals surface area contributed by atoms with E-state index < -0.39 is 0 Å². The third-order valence-corrected chi connectivity index (χ3v) is 3.51. The van der Waals surface area contributed by atoms with E-state index >= 15 is 0 Å². The number of imidazole rings is 1. The molecule has 0 aliphatic carbocycles. The molecular weight excluding hydrogens is 250 g/mol. The van der Waals surface area contributed by atoms with Crippen LogP contribution in [-0.4, -0.2) is 15.9 Å². The number of hydrogen-bond donors (Lipinski definition) is 2. The zero-order chi connectivity index (χ0) is 14.5. The van der Waals surface area contributed by atoms with Crippen LogP contribution >= 0.6 is 0 Å². The molecular formula is C16H21N3O. The van der Waals surface area contributed by atoms with Crippen LogP contribution in [0.4, 0.5) is 0 Å². The second kappa shape index (κ2) is 6.37. The third-order valence-electron chi connectivity index (χ3n) is 3.51. The van der Waals surface area contributed by atoms with E-state index in [0.717, 1.165) is 23.5 Å². The molecule has 0 unspecified atom stereocenters. The van der Waals surface area contributed by atoms with Gasteiger partial charge in [0, 0.05) is 5.92 Å². The number of aromatic amines is 1. The van der Waals surface area contributed by atoms with Crippen LogP contribution in [0, 0.1) is 5.92 Å². The number of benzene rings is 1. The van der Waals surface area contributed by atoms with Gasteiger partial charge in [0.1, 0.15) is 5.82 Å². The lowest BCUT2D eigenvalue weighted by Gasteiger charge is -2.14. The van der Waals surface area contributed by atoms with Crippen molar-refractivity contribution in [3.8, 4) is 11.3 Å². The molecule has 4 heteroatoms. The molecule has 1 heterocycles. The summed E-state index contributed by atoms with van der Waals surface area (Å²) in [7, 11) is 0. The lowest BCUT2D eigenvalue weighted by atomic mass is 10.1. The molecule has 1 aromatic heterocycles. The summed E-state index contributed by atoms with van der Waals surface area (Å²) in [5.41, 5.74) is 2.05. The highest BCUT2D eigenvalue weighted by atomic mass is 16.1. The van der Waals surface area contributed by atoms with Crippen molar-refractivity contribution in [2.24, 2.45) is 5.92 Å². The SMILES string of the molecule is CC[C@H](C)C(=O)N[C@H](C)c1ncc(-c2ccccc2)[nH]1. The van der Waals surface area contributed by atoms with Crippen LogP contribution in [0.1, 0.15) is 39.1 Å². The van der Waals surface area contributed by atoms with Crippen LogP contribution in [0.2, 0.25) is 0 Å². The molecule has 2 rings (SSSR count). The van der Waals surface area contributed by atoms with Crippen LogP contribution in [0.25, 0.3) is 11.3 Å². The van der Waals surface area contributed by atoms with Gasteiger partial charge in [0.25, 0.3) is 0 Å². The zero-order valence-corrected chi connectivity index (χ0v) is 12.2. The van der Waals surface area contributed by atoms with E-state index in [9.17, 15) is 4.79 Å². The first-order valence-corrected chi connectivity index (χ1v) is 7.02. The summed E-state index contributed by atoms with van der Waals surface area (Å²) in [6.07, 6.45) is 2.64. The quantitative estimate of drug-likeness (QED) is 0.876. The number of hydrogen-bond acceptors (Lipinski definition) is 2. The molecule has 2 aromatic rings. The number of nitrogens with one attached hydrogen (secondary N) is 2. The number of carbonyl (C=O) groups is 1. The van der Waals surface area contributed by atoms with Gasteiger partial charge in [-0.1, -0.05) is 44.2 Å². The standard InChI is InChI=1S/C16H21N3O/c1-4-11(2)16(20)18-12(3)15-17-10-14(19-15)13-8-6-5-7-9-13/h5-12H,4H2,1-3H3,(H,17,19)(H,18,20)/t11-,12+/m0/s1. The van der Waals surface area contributed by atoms with Crippen molar-refractivity contribution < 1.29 is 4.79 Å². The molecule has 2 atom stereocenters. The normalized spacial score (nSPS) is 13.8. The zero-order valence-electron chi connectivity index (χ0n) is 12.2. The fraction of sp³-hybridized carbons (Fsp3) is 0.375. The Morgan fingerprint density at radius 3 is 2.65 bits per heavy atom. The molecule has 0 saturated heterocycles. The minimum atomic E-state index is -0.117. The molecule has 1 aromatic carbocycles. The van der Waals surface area contributed by atoms with Gasteiger partial charge in [0.05, 0.1) is 17.9 Å². The molecule has 0 spiro atoms. The molecule has 4 nitrogen and oxygen atoms in total. The van der Waals surface area contributed by atoms with Gasteiger partial charge in [-0.25, -0.2) is 4.98 Å². The van der Waals surface area contributed by atoms with Crippen molar-refractivity contribution in [3.05, 3.63) is 42.4 Å². The summed E-state index contributed by atoms with van der Waals surface area (Å²) in [5.74, 6) is 0.874. The summed E-state index contributed by atoms with van der Waals surface area (Å²) in [6, 6.07) is 9.90. The summed E-state index contributed by atoms with van der Waals surface area (Å²) >= 11 is 0. The molecule has 0 aliphatic heterocycles. The largest absolute Gasteiger partial charge is 0.346 e. The average Bonchev–Trinajstić information content (AvgIpc) is 2.97. The van der Waals surface area contributed by atoms with Crippen LogP contribution in [0.5, 0.6) is 0 Å². The van der Waals surface area contributed by atoms with Gasteiger partial charge in [-0.2, -0.15) is 0 Å². The Labute approximate surface area is 119 Å². The first-order chi connectivity index (χ1) is 9.61. The molecule has 20 heavy (non-hydrogen) atoms. The molecule has 106 valence electrons. The van der Waals surface area contributed by atoms with Gasteiger partial charge in [0.2, 0.25) is 5.91 Å². The molecule has 0 bridgehead atoms. The third kappa shape index (κ3) is 3.26. The lowest BCUT2D eigenvalue weighted by Crippen LogP contribution is -2.31. The fourth-order valence-electron chi connectivity index (χ4n) is 1.93. The summed E-state index contributed by atoms with van der Waals surface area (Å²) in [4.78, 5) is 19.5. The van der Waals surface area contributed by atoms with Crippen LogP contribution < -0.4 is 5.32 Å². The number of carbonyl (C=O) groups excluding carboxylic acids is 1. The Balaban J connectivity index is 2.07. The van der Waals surface area contributed by atoms with E-state index in [2.05, 4.69) is 15.3 Å². The number of nitrogens with zero attached hydrogens (tertiary/aromatic N) is 1. The van der Waals surface area contributed by atoms with Crippen molar-refractivity contribution >= 4 is 5.91 Å². The second-order valence-corrected chi connectivity index (χ2v) is 5.09. The minimum absolute atomic E-state index is 0.0287. The first kappa shape index (κ1) is 14.3. The van der Waals surface area contributed by atoms with E-state index in [0.29, 0.717) is 0 Å². The molecule has 0 radical (unpaired) electrons. The predicted molar refractivity (Wildman–Crippen MR) is 80.0 cm³/mol. The van der Waals surface area contributed by atoms with Crippen molar-refractivity contribution in [2.75, 3.05) is 0 Å². The highest BCUT2D eigenvalue weighted by molar-refractivity contribution is 5.78. The first-order valence-electron chi connectivity index (χ1n) is 7.02. The summed E-state index contributed by atoms with van der Waals surface area (Å²) in [6.45, 7) is 5.88. The van der Waals surface area contributed by atoms with E-state index in [1.807, 2.05) is 51.1 Å². The Hall–Kier alpha value is -2.10. The van der Waals surface area contributed by atoms with E-state index in [1.165, 1.54) is 0 Å². The Morgan fingerprint density at radius 1 is 1.30 bits per heavy atom. The number of amides is 1. The summed E-state index contributed by atoms with van der Waals surface area (Å²) < 4.78 is 0. The smallest absolute Gasteiger partial charge is 0.223 e. The van der Waals surface area contributed by atoms with Crippen molar-refractivity contribution in [3.63, 3.8) is 0 Å². The molecule has 1 amide bonds. The lowest BCUT2D eigenvalue weighted by molar-refractivity contribution is -0.125. The monoisotopic (exact) mass is 271 g/mol. The molecule has 0 aliphatic rings. The van der Waals surface area contributed by atoms with Crippen molar-refractivity contribution in [1.82, 2.24) is 15.3 Å². The maximum atomic E-state index is 11.9. The van der Waals surface area contributed by atoms with Crippen LogP contribution in [0.15, 0.2) is 36.5 Å². The van der Waals surface area contributed by atoms with E-state index in [-0.39, 0.29) is 17.9 Å². The molecule has 0 fully saturated rings. The maximum Gasteiger partial charge on any atom is 0.223 e. The van der Waals surface area contributed by atoms with Gasteiger partial charge >= 0.3 is 0 Å². The highest BCUT2D eigenvalue weighted by Gasteiger charge is 2.16. The number of rotatable bonds is 5. The van der Waals surface area contributed by atoms with Gasteiger partial charge in [-0.15, -0.1) is 0 Å². The number of aromatic nitrogens is 2. The van der Waals surface area contributed by atoms with E-state index in [4.69, 9.17) is 0 Å². The average molecular weight is 271 g/mol. The maximum absolute atomic E-state index is 11.9. The van der Waals surface area contributed by atoms with Gasteiger partial charge in [-0.3, -0.25) is 4.79 Å². The number of H-pyrrole nitrogens is 1. The minimum Gasteiger partial charge on any atom is -0.346 e. The van der Waals surface area contributed by atoms with Crippen molar-refractivity contribution in [1.29, 1.82) is 0 Å². The summed E-state index contributed by atoms with van der Waals surface area (Å²) in [5, 5.41) is 2.98. The van der Waals surface area contributed by atoms with Crippen molar-refractivity contribution in [2.45, 2.75) is 33.2 Å². The Kier molecular flexibility index (Phi) is 4.56. The van der Waals surface area contributed by atoms with Crippen LogP contribution in [0.3, 0.4) is 0 Å². The Bertz CT molecular complexity index is 562. The molecule has 0 saturated carbocycles. The fourth-order valence-corrected chi connectivity index (χ4v) is 1.93. The van der Waals surface area contributed by atoms with Gasteiger partial charge in [0.15, 0.2) is 0 Å². The highest BCUT2D eigenvalue weighted by Crippen LogP contribution is 2.19. The second-order valence-electron chi connectivity index (χ2n) is 5.09.